The highest BCUT2D eigenvalue weighted by Crippen LogP contribution is 2.29. The molecule has 0 aromatic carbocycles. The van der Waals surface area contributed by atoms with Crippen LogP contribution in [0.3, 0.4) is 0 Å². The molecule has 1 aliphatic carbocycles. The van der Waals surface area contributed by atoms with Gasteiger partial charge in [-0.3, -0.25) is 4.68 Å². The van der Waals surface area contributed by atoms with Gasteiger partial charge in [0.2, 0.25) is 0 Å². The zero-order valence-corrected chi connectivity index (χ0v) is 12.2. The van der Waals surface area contributed by atoms with Gasteiger partial charge in [0, 0.05) is 12.7 Å². The van der Waals surface area contributed by atoms with E-state index in [2.05, 4.69) is 57.6 Å². The van der Waals surface area contributed by atoms with Gasteiger partial charge in [-0.2, -0.15) is 5.10 Å². The number of hydrogen-bond donors (Lipinski definition) is 0. The van der Waals surface area contributed by atoms with E-state index >= 15 is 0 Å². The molecule has 1 atom stereocenters. The Hall–Kier alpha value is -1.31. The molecule has 1 aliphatic rings. The maximum Gasteiger partial charge on any atom is 0.0949 e. The normalized spacial score (nSPS) is 20.0. The Morgan fingerprint density at radius 3 is 2.72 bits per heavy atom. The summed E-state index contributed by atoms with van der Waals surface area (Å²) in [7, 11) is 0. The van der Waals surface area contributed by atoms with Gasteiger partial charge in [0.15, 0.2) is 0 Å². The molecule has 0 saturated heterocycles. The lowest BCUT2D eigenvalue weighted by atomic mass is 9.90. The summed E-state index contributed by atoms with van der Waals surface area (Å²) in [5.41, 5.74) is 5.19. The van der Waals surface area contributed by atoms with Gasteiger partial charge < -0.3 is 0 Å². The molecule has 0 fully saturated rings. The van der Waals surface area contributed by atoms with Crippen molar-refractivity contribution in [1.29, 1.82) is 0 Å². The predicted molar refractivity (Wildman–Crippen MR) is 77.3 cm³/mol. The molecule has 2 nitrogen and oxygen atoms in total. The third-order valence-electron chi connectivity index (χ3n) is 3.28. The highest BCUT2D eigenvalue weighted by Gasteiger charge is 2.14. The standard InChI is InChI=1S/C16H24N2/c1-11(2)9-18-10-14(5)16(17-18)15-7-12(3)6-13(4)8-15/h7-8,10-12H,6,9H2,1-5H3. The van der Waals surface area contributed by atoms with Gasteiger partial charge in [0.25, 0.3) is 0 Å². The summed E-state index contributed by atoms with van der Waals surface area (Å²) in [4.78, 5) is 0. The van der Waals surface area contributed by atoms with Crippen molar-refractivity contribution in [3.8, 4) is 0 Å². The highest BCUT2D eigenvalue weighted by molar-refractivity contribution is 5.75. The fourth-order valence-electron chi connectivity index (χ4n) is 2.67. The van der Waals surface area contributed by atoms with Gasteiger partial charge in [-0.05, 0) is 43.2 Å². The summed E-state index contributed by atoms with van der Waals surface area (Å²) in [6.07, 6.45) is 7.98. The first-order valence-corrected chi connectivity index (χ1v) is 6.89. The summed E-state index contributed by atoms with van der Waals surface area (Å²) in [5, 5.41) is 4.75. The van der Waals surface area contributed by atoms with E-state index in [1.165, 1.54) is 23.1 Å². The molecule has 18 heavy (non-hydrogen) atoms. The first-order chi connectivity index (χ1) is 8.45. The number of nitrogens with zero attached hydrogens (tertiary/aromatic N) is 2. The molecular formula is C16H24N2. The van der Waals surface area contributed by atoms with E-state index in [9.17, 15) is 0 Å². The van der Waals surface area contributed by atoms with E-state index < -0.39 is 0 Å². The average molecular weight is 244 g/mol. The van der Waals surface area contributed by atoms with E-state index in [1.807, 2.05) is 0 Å². The van der Waals surface area contributed by atoms with Crippen molar-refractivity contribution in [3.63, 3.8) is 0 Å². The Morgan fingerprint density at radius 1 is 1.39 bits per heavy atom. The van der Waals surface area contributed by atoms with E-state index in [4.69, 9.17) is 5.10 Å². The maximum atomic E-state index is 4.75. The summed E-state index contributed by atoms with van der Waals surface area (Å²) >= 11 is 0. The number of allylic oxidation sites excluding steroid dienone is 4. The molecule has 0 saturated carbocycles. The van der Waals surface area contributed by atoms with Crippen LogP contribution in [-0.2, 0) is 6.54 Å². The van der Waals surface area contributed by atoms with Crippen LogP contribution in [0.2, 0.25) is 0 Å². The van der Waals surface area contributed by atoms with Crippen molar-refractivity contribution in [1.82, 2.24) is 9.78 Å². The van der Waals surface area contributed by atoms with Gasteiger partial charge in [0.05, 0.1) is 5.69 Å². The molecule has 0 spiro atoms. The van der Waals surface area contributed by atoms with E-state index in [0.717, 1.165) is 12.2 Å². The van der Waals surface area contributed by atoms with Crippen LogP contribution in [0.5, 0.6) is 0 Å². The summed E-state index contributed by atoms with van der Waals surface area (Å²) in [6, 6.07) is 0. The lowest BCUT2D eigenvalue weighted by Gasteiger charge is -2.15. The first-order valence-electron chi connectivity index (χ1n) is 6.89. The van der Waals surface area contributed by atoms with Gasteiger partial charge in [0.1, 0.15) is 0 Å². The summed E-state index contributed by atoms with van der Waals surface area (Å²) < 4.78 is 2.08. The van der Waals surface area contributed by atoms with E-state index in [-0.39, 0.29) is 0 Å². The number of hydrogen-bond acceptors (Lipinski definition) is 1. The second-order valence-electron chi connectivity index (χ2n) is 6.07. The van der Waals surface area contributed by atoms with E-state index in [1.54, 1.807) is 0 Å². The molecular weight excluding hydrogens is 220 g/mol. The first kappa shape index (κ1) is 13.1. The average Bonchev–Trinajstić information content (AvgIpc) is 2.56. The van der Waals surface area contributed by atoms with Gasteiger partial charge in [-0.15, -0.1) is 0 Å². The van der Waals surface area contributed by atoms with Crippen LogP contribution in [0.4, 0.5) is 0 Å². The van der Waals surface area contributed by atoms with Crippen LogP contribution in [0, 0.1) is 18.8 Å². The van der Waals surface area contributed by atoms with Gasteiger partial charge in [-0.1, -0.05) is 38.5 Å². The number of aromatic nitrogens is 2. The molecule has 2 rings (SSSR count). The fourth-order valence-corrected chi connectivity index (χ4v) is 2.67. The third kappa shape index (κ3) is 2.92. The summed E-state index contributed by atoms with van der Waals surface area (Å²) in [6.45, 7) is 12.1. The zero-order valence-electron chi connectivity index (χ0n) is 12.2. The minimum Gasteiger partial charge on any atom is -0.272 e. The van der Waals surface area contributed by atoms with Crippen molar-refractivity contribution in [2.75, 3.05) is 0 Å². The Labute approximate surface area is 110 Å². The van der Waals surface area contributed by atoms with Crippen molar-refractivity contribution in [3.05, 3.63) is 35.2 Å². The molecule has 0 radical (unpaired) electrons. The SMILES string of the molecule is CC1=CC(c2nn(CC(C)C)cc2C)=CC(C)C1. The Morgan fingerprint density at radius 2 is 2.11 bits per heavy atom. The molecule has 0 amide bonds. The second-order valence-corrected chi connectivity index (χ2v) is 6.07. The lowest BCUT2D eigenvalue weighted by molar-refractivity contribution is 0.482. The molecule has 0 bridgehead atoms. The largest absolute Gasteiger partial charge is 0.272 e. The quantitative estimate of drug-likeness (QED) is 0.778. The molecule has 1 heterocycles. The zero-order chi connectivity index (χ0) is 13.3. The molecule has 0 N–H and O–H groups in total. The van der Waals surface area contributed by atoms with Gasteiger partial charge in [-0.25, -0.2) is 0 Å². The minimum absolute atomic E-state index is 0.625. The van der Waals surface area contributed by atoms with Crippen LogP contribution < -0.4 is 0 Å². The minimum atomic E-state index is 0.625. The smallest absolute Gasteiger partial charge is 0.0949 e. The van der Waals surface area contributed by atoms with E-state index in [0.29, 0.717) is 11.8 Å². The van der Waals surface area contributed by atoms with Crippen molar-refractivity contribution >= 4 is 5.57 Å². The molecule has 1 aromatic rings. The van der Waals surface area contributed by atoms with Crippen LogP contribution in [0.25, 0.3) is 5.57 Å². The molecule has 0 aliphatic heterocycles. The Kier molecular flexibility index (Phi) is 3.74. The van der Waals surface area contributed by atoms with Crippen molar-refractivity contribution in [2.24, 2.45) is 11.8 Å². The molecule has 98 valence electrons. The molecule has 2 heteroatoms. The lowest BCUT2D eigenvalue weighted by Crippen LogP contribution is -2.05. The molecule has 1 unspecified atom stereocenters. The van der Waals surface area contributed by atoms with Gasteiger partial charge >= 0.3 is 0 Å². The van der Waals surface area contributed by atoms with Crippen LogP contribution >= 0.6 is 0 Å². The summed E-state index contributed by atoms with van der Waals surface area (Å²) in [5.74, 6) is 1.26. The number of aryl methyl sites for hydroxylation is 1. The predicted octanol–water partition coefficient (Wildman–Crippen LogP) is 4.22. The van der Waals surface area contributed by atoms with Crippen LogP contribution in [0.15, 0.2) is 23.9 Å². The second kappa shape index (κ2) is 5.13. The molecule has 1 aromatic heterocycles. The van der Waals surface area contributed by atoms with Crippen molar-refractivity contribution in [2.45, 2.75) is 47.6 Å². The monoisotopic (exact) mass is 244 g/mol. The Balaban J connectivity index is 2.31. The van der Waals surface area contributed by atoms with Crippen LogP contribution in [-0.4, -0.2) is 9.78 Å². The van der Waals surface area contributed by atoms with Crippen LogP contribution in [0.1, 0.15) is 45.4 Å². The topological polar surface area (TPSA) is 17.8 Å². The van der Waals surface area contributed by atoms with Crippen molar-refractivity contribution < 1.29 is 0 Å². The number of rotatable bonds is 3. The Bertz CT molecular complexity index is 489. The maximum absolute atomic E-state index is 4.75. The fraction of sp³-hybridized carbons (Fsp3) is 0.562. The third-order valence-corrected chi connectivity index (χ3v) is 3.28. The highest BCUT2D eigenvalue weighted by atomic mass is 15.3.